The van der Waals surface area contributed by atoms with Crippen molar-refractivity contribution >= 4 is 27.7 Å². The summed E-state index contributed by atoms with van der Waals surface area (Å²) in [6.07, 6.45) is 2.04. The summed E-state index contributed by atoms with van der Waals surface area (Å²) in [6.45, 7) is 5.51. The molecule has 0 aliphatic carbocycles. The summed E-state index contributed by atoms with van der Waals surface area (Å²) in [5.41, 5.74) is 2.93. The van der Waals surface area contributed by atoms with Crippen LogP contribution < -0.4 is 9.64 Å². The molecular weight excluding hydrogens is 456 g/mol. The van der Waals surface area contributed by atoms with Gasteiger partial charge in [-0.15, -0.1) is 0 Å². The molecule has 1 aliphatic rings. The number of anilines is 1. The van der Waals surface area contributed by atoms with Crippen LogP contribution in [0.15, 0.2) is 65.4 Å². The van der Waals surface area contributed by atoms with Gasteiger partial charge < -0.3 is 14.5 Å². The molecule has 0 radical (unpaired) electrons. The van der Waals surface area contributed by atoms with E-state index in [1.807, 2.05) is 66.4 Å². The maximum atomic E-state index is 12.7. The predicted molar refractivity (Wildman–Crippen MR) is 125 cm³/mol. The molecule has 0 unspecified atom stereocenters. The minimum Gasteiger partial charge on any atom is -0.494 e. The van der Waals surface area contributed by atoms with Crippen LogP contribution in [0.3, 0.4) is 0 Å². The van der Waals surface area contributed by atoms with E-state index < -0.39 is 0 Å². The summed E-state index contributed by atoms with van der Waals surface area (Å²) in [5.74, 6) is 1.91. The maximum absolute atomic E-state index is 12.7. The van der Waals surface area contributed by atoms with Gasteiger partial charge in [0.1, 0.15) is 17.9 Å². The second kappa shape index (κ2) is 9.92. The molecular formula is C24H25BrN4O2. The van der Waals surface area contributed by atoms with Crippen LogP contribution in [-0.4, -0.2) is 53.6 Å². The number of aromatic nitrogens is 2. The zero-order valence-corrected chi connectivity index (χ0v) is 19.1. The van der Waals surface area contributed by atoms with Gasteiger partial charge in [0.05, 0.1) is 18.7 Å². The number of hydrogen-bond donors (Lipinski definition) is 0. The zero-order chi connectivity index (χ0) is 21.6. The third kappa shape index (κ3) is 5.41. The number of amides is 1. The fourth-order valence-electron chi connectivity index (χ4n) is 3.64. The van der Waals surface area contributed by atoms with Crippen LogP contribution in [0.1, 0.15) is 12.5 Å². The van der Waals surface area contributed by atoms with Gasteiger partial charge in [0.15, 0.2) is 0 Å². The molecule has 31 heavy (non-hydrogen) atoms. The molecule has 0 N–H and O–H groups in total. The highest BCUT2D eigenvalue weighted by atomic mass is 79.9. The van der Waals surface area contributed by atoms with Crippen LogP contribution in [0.2, 0.25) is 0 Å². The molecule has 160 valence electrons. The highest BCUT2D eigenvalue weighted by molar-refractivity contribution is 9.10. The molecule has 2 aromatic carbocycles. The van der Waals surface area contributed by atoms with Crippen LogP contribution in [0, 0.1) is 0 Å². The van der Waals surface area contributed by atoms with E-state index in [0.29, 0.717) is 26.1 Å². The first kappa shape index (κ1) is 21.3. The lowest BCUT2D eigenvalue weighted by Crippen LogP contribution is -2.49. The van der Waals surface area contributed by atoms with Gasteiger partial charge in [-0.3, -0.25) is 4.79 Å². The molecule has 0 bridgehead atoms. The number of carbonyl (C=O) groups is 1. The minimum absolute atomic E-state index is 0.166. The second-order valence-electron chi connectivity index (χ2n) is 7.39. The standard InChI is InChI=1S/C24H25BrN4O2/c1-2-31-21-9-5-19(6-10-21)22-16-23(27-17-26-22)28-11-13-29(14-12-28)24(30)15-18-3-7-20(25)8-4-18/h3-10,16-17H,2,11-15H2,1H3. The van der Waals surface area contributed by atoms with Gasteiger partial charge in [-0.2, -0.15) is 0 Å². The summed E-state index contributed by atoms with van der Waals surface area (Å²) < 4.78 is 6.53. The van der Waals surface area contributed by atoms with Crippen molar-refractivity contribution < 1.29 is 9.53 Å². The lowest BCUT2D eigenvalue weighted by molar-refractivity contribution is -0.130. The third-order valence-electron chi connectivity index (χ3n) is 5.34. The number of carbonyl (C=O) groups excluding carboxylic acids is 1. The Morgan fingerprint density at radius 3 is 2.39 bits per heavy atom. The number of hydrogen-bond acceptors (Lipinski definition) is 5. The Hall–Kier alpha value is -2.93. The smallest absolute Gasteiger partial charge is 0.227 e. The lowest BCUT2D eigenvalue weighted by Gasteiger charge is -2.35. The quantitative estimate of drug-likeness (QED) is 0.529. The van der Waals surface area contributed by atoms with E-state index >= 15 is 0 Å². The molecule has 6 nitrogen and oxygen atoms in total. The molecule has 0 saturated carbocycles. The third-order valence-corrected chi connectivity index (χ3v) is 5.87. The van der Waals surface area contributed by atoms with Crippen LogP contribution in [-0.2, 0) is 11.2 Å². The molecule has 3 aromatic rings. The van der Waals surface area contributed by atoms with E-state index in [9.17, 15) is 4.79 Å². The maximum Gasteiger partial charge on any atom is 0.227 e. The summed E-state index contributed by atoms with van der Waals surface area (Å²) >= 11 is 3.43. The van der Waals surface area contributed by atoms with Crippen molar-refractivity contribution in [1.29, 1.82) is 0 Å². The lowest BCUT2D eigenvalue weighted by atomic mass is 10.1. The Labute approximate surface area is 191 Å². The number of ether oxygens (including phenoxy) is 1. The van der Waals surface area contributed by atoms with Crippen molar-refractivity contribution in [2.24, 2.45) is 0 Å². The molecule has 1 aromatic heterocycles. The van der Waals surface area contributed by atoms with Crippen molar-refractivity contribution in [2.45, 2.75) is 13.3 Å². The Balaban J connectivity index is 1.37. The van der Waals surface area contributed by atoms with Crippen molar-refractivity contribution in [2.75, 3.05) is 37.7 Å². The summed E-state index contributed by atoms with van der Waals surface area (Å²) in [6, 6.07) is 17.9. The van der Waals surface area contributed by atoms with Crippen LogP contribution in [0.4, 0.5) is 5.82 Å². The van der Waals surface area contributed by atoms with Crippen molar-refractivity contribution in [1.82, 2.24) is 14.9 Å². The highest BCUT2D eigenvalue weighted by Gasteiger charge is 2.22. The van der Waals surface area contributed by atoms with Crippen LogP contribution in [0.25, 0.3) is 11.3 Å². The van der Waals surface area contributed by atoms with E-state index in [0.717, 1.165) is 46.0 Å². The number of nitrogens with zero attached hydrogens (tertiary/aromatic N) is 4. The van der Waals surface area contributed by atoms with E-state index in [4.69, 9.17) is 4.74 Å². The van der Waals surface area contributed by atoms with Gasteiger partial charge in [-0.25, -0.2) is 9.97 Å². The molecule has 0 atom stereocenters. The molecule has 1 fully saturated rings. The molecule has 2 heterocycles. The van der Waals surface area contributed by atoms with E-state index in [1.165, 1.54) is 0 Å². The predicted octanol–water partition coefficient (Wildman–Crippen LogP) is 4.20. The van der Waals surface area contributed by atoms with Crippen molar-refractivity contribution in [3.8, 4) is 17.0 Å². The Kier molecular flexibility index (Phi) is 6.82. The van der Waals surface area contributed by atoms with Gasteiger partial charge in [-0.1, -0.05) is 28.1 Å². The number of piperazine rings is 1. The summed E-state index contributed by atoms with van der Waals surface area (Å²) in [5, 5.41) is 0. The van der Waals surface area contributed by atoms with E-state index in [2.05, 4.69) is 30.8 Å². The molecule has 7 heteroatoms. The van der Waals surface area contributed by atoms with Gasteiger partial charge in [0, 0.05) is 42.3 Å². The largest absolute Gasteiger partial charge is 0.494 e. The Morgan fingerprint density at radius 1 is 1.00 bits per heavy atom. The zero-order valence-electron chi connectivity index (χ0n) is 17.5. The fourth-order valence-corrected chi connectivity index (χ4v) is 3.90. The van der Waals surface area contributed by atoms with Gasteiger partial charge >= 0.3 is 0 Å². The monoisotopic (exact) mass is 480 g/mol. The Bertz CT molecular complexity index is 1020. The first-order valence-corrected chi connectivity index (χ1v) is 11.2. The molecule has 0 spiro atoms. The number of benzene rings is 2. The summed E-state index contributed by atoms with van der Waals surface area (Å²) in [7, 11) is 0. The fraction of sp³-hybridized carbons (Fsp3) is 0.292. The molecule has 4 rings (SSSR count). The average molecular weight is 481 g/mol. The van der Waals surface area contributed by atoms with Crippen LogP contribution >= 0.6 is 15.9 Å². The first-order valence-electron chi connectivity index (χ1n) is 10.4. The SMILES string of the molecule is CCOc1ccc(-c2cc(N3CCN(C(=O)Cc4ccc(Br)cc4)CC3)ncn2)cc1. The van der Waals surface area contributed by atoms with Gasteiger partial charge in [-0.05, 0) is 48.9 Å². The summed E-state index contributed by atoms with van der Waals surface area (Å²) in [4.78, 5) is 25.7. The topological polar surface area (TPSA) is 58.6 Å². The molecule has 1 aliphatic heterocycles. The number of halogens is 1. The molecule has 1 saturated heterocycles. The normalized spacial score (nSPS) is 13.9. The van der Waals surface area contributed by atoms with E-state index in [1.54, 1.807) is 6.33 Å². The van der Waals surface area contributed by atoms with E-state index in [-0.39, 0.29) is 5.91 Å². The average Bonchev–Trinajstić information content (AvgIpc) is 2.81. The molecule has 1 amide bonds. The van der Waals surface area contributed by atoms with Crippen molar-refractivity contribution in [3.05, 3.63) is 71.0 Å². The van der Waals surface area contributed by atoms with Crippen molar-refractivity contribution in [3.63, 3.8) is 0 Å². The minimum atomic E-state index is 0.166. The first-order chi connectivity index (χ1) is 15.1. The van der Waals surface area contributed by atoms with Crippen LogP contribution in [0.5, 0.6) is 5.75 Å². The number of rotatable bonds is 6. The Morgan fingerprint density at radius 2 is 1.71 bits per heavy atom. The second-order valence-corrected chi connectivity index (χ2v) is 8.31. The highest BCUT2D eigenvalue weighted by Crippen LogP contribution is 2.24. The van der Waals surface area contributed by atoms with Gasteiger partial charge in [0.25, 0.3) is 0 Å². The van der Waals surface area contributed by atoms with Gasteiger partial charge in [0.2, 0.25) is 5.91 Å².